The van der Waals surface area contributed by atoms with Gasteiger partial charge in [0.25, 0.3) is 0 Å². The number of aromatic nitrogens is 2. The monoisotopic (exact) mass is 251 g/mol. The highest BCUT2D eigenvalue weighted by atomic mass is 16.5. The topological polar surface area (TPSA) is 47.0 Å². The first-order valence-corrected chi connectivity index (χ1v) is 6.74. The van der Waals surface area contributed by atoms with Gasteiger partial charge in [0.2, 0.25) is 5.88 Å². The molecule has 1 aromatic heterocycles. The SMILES string of the molecule is CCCNC(Cc1cc(OC)ncn1)CC(C)C. The molecule has 102 valence electrons. The van der Waals surface area contributed by atoms with E-state index in [9.17, 15) is 0 Å². The average molecular weight is 251 g/mol. The van der Waals surface area contributed by atoms with Crippen LogP contribution >= 0.6 is 0 Å². The lowest BCUT2D eigenvalue weighted by atomic mass is 9.99. The van der Waals surface area contributed by atoms with Crippen LogP contribution in [0.15, 0.2) is 12.4 Å². The first kappa shape index (κ1) is 14.9. The molecule has 1 aromatic rings. The molecule has 0 aliphatic rings. The maximum absolute atomic E-state index is 5.13. The van der Waals surface area contributed by atoms with Gasteiger partial charge in [0.05, 0.1) is 7.11 Å². The Morgan fingerprint density at radius 3 is 2.72 bits per heavy atom. The van der Waals surface area contributed by atoms with Crippen LogP contribution < -0.4 is 10.1 Å². The molecule has 0 spiro atoms. The lowest BCUT2D eigenvalue weighted by Crippen LogP contribution is -2.33. The predicted molar refractivity (Wildman–Crippen MR) is 73.8 cm³/mol. The quantitative estimate of drug-likeness (QED) is 0.771. The molecule has 0 bridgehead atoms. The fraction of sp³-hybridized carbons (Fsp3) is 0.714. The van der Waals surface area contributed by atoms with Gasteiger partial charge in [-0.25, -0.2) is 9.97 Å². The highest BCUT2D eigenvalue weighted by Crippen LogP contribution is 2.12. The van der Waals surface area contributed by atoms with E-state index in [1.807, 2.05) is 6.07 Å². The lowest BCUT2D eigenvalue weighted by Gasteiger charge is -2.20. The first-order valence-electron chi connectivity index (χ1n) is 6.74. The van der Waals surface area contributed by atoms with Gasteiger partial charge in [0, 0.05) is 24.2 Å². The Labute approximate surface area is 110 Å². The Morgan fingerprint density at radius 1 is 1.33 bits per heavy atom. The van der Waals surface area contributed by atoms with Crippen LogP contribution in [-0.2, 0) is 6.42 Å². The van der Waals surface area contributed by atoms with Gasteiger partial charge < -0.3 is 10.1 Å². The Kier molecular flexibility index (Phi) is 6.65. The van der Waals surface area contributed by atoms with E-state index in [2.05, 4.69) is 36.1 Å². The van der Waals surface area contributed by atoms with Crippen molar-refractivity contribution in [2.45, 2.75) is 46.1 Å². The normalized spacial score (nSPS) is 12.7. The zero-order chi connectivity index (χ0) is 13.4. The maximum atomic E-state index is 5.13. The number of nitrogens with one attached hydrogen (secondary N) is 1. The van der Waals surface area contributed by atoms with Crippen LogP contribution in [-0.4, -0.2) is 29.7 Å². The molecule has 0 saturated heterocycles. The first-order chi connectivity index (χ1) is 8.65. The summed E-state index contributed by atoms with van der Waals surface area (Å²) in [6.07, 6.45) is 4.81. The van der Waals surface area contributed by atoms with Crippen LogP contribution in [0.2, 0.25) is 0 Å². The molecule has 0 aliphatic carbocycles. The van der Waals surface area contributed by atoms with Crippen LogP contribution in [0.25, 0.3) is 0 Å². The van der Waals surface area contributed by atoms with Crippen molar-refractivity contribution < 1.29 is 4.74 Å². The third-order valence-corrected chi connectivity index (χ3v) is 2.80. The maximum Gasteiger partial charge on any atom is 0.216 e. The zero-order valence-electron chi connectivity index (χ0n) is 11.9. The van der Waals surface area contributed by atoms with Crippen molar-refractivity contribution in [1.29, 1.82) is 0 Å². The number of rotatable bonds is 8. The number of methoxy groups -OCH3 is 1. The van der Waals surface area contributed by atoms with Crippen molar-refractivity contribution in [3.63, 3.8) is 0 Å². The van der Waals surface area contributed by atoms with Crippen LogP contribution in [0.1, 0.15) is 39.3 Å². The van der Waals surface area contributed by atoms with Gasteiger partial charge in [-0.3, -0.25) is 0 Å². The van der Waals surface area contributed by atoms with Crippen molar-refractivity contribution in [2.24, 2.45) is 5.92 Å². The summed E-state index contributed by atoms with van der Waals surface area (Å²) in [5, 5.41) is 3.59. The molecule has 0 amide bonds. The highest BCUT2D eigenvalue weighted by Gasteiger charge is 2.12. The largest absolute Gasteiger partial charge is 0.481 e. The van der Waals surface area contributed by atoms with Crippen LogP contribution in [0, 0.1) is 5.92 Å². The van der Waals surface area contributed by atoms with E-state index >= 15 is 0 Å². The summed E-state index contributed by atoms with van der Waals surface area (Å²) >= 11 is 0. The Bertz CT molecular complexity index is 342. The van der Waals surface area contributed by atoms with Crippen LogP contribution in [0.5, 0.6) is 5.88 Å². The van der Waals surface area contributed by atoms with Crippen molar-refractivity contribution in [3.05, 3.63) is 18.1 Å². The minimum atomic E-state index is 0.476. The summed E-state index contributed by atoms with van der Waals surface area (Å²) in [6.45, 7) is 7.75. The van der Waals surface area contributed by atoms with Gasteiger partial charge in [0.1, 0.15) is 6.33 Å². The van der Waals surface area contributed by atoms with E-state index in [-0.39, 0.29) is 0 Å². The molecule has 0 saturated carbocycles. The van der Waals surface area contributed by atoms with Crippen molar-refractivity contribution in [1.82, 2.24) is 15.3 Å². The van der Waals surface area contributed by atoms with Gasteiger partial charge in [-0.1, -0.05) is 20.8 Å². The molecule has 1 atom stereocenters. The molecule has 0 aliphatic heterocycles. The summed E-state index contributed by atoms with van der Waals surface area (Å²) in [4.78, 5) is 8.35. The molecule has 1 unspecified atom stereocenters. The van der Waals surface area contributed by atoms with Gasteiger partial charge in [-0.05, 0) is 25.3 Å². The third-order valence-electron chi connectivity index (χ3n) is 2.80. The fourth-order valence-corrected chi connectivity index (χ4v) is 2.01. The Balaban J connectivity index is 2.62. The number of nitrogens with zero attached hydrogens (tertiary/aromatic N) is 2. The molecule has 18 heavy (non-hydrogen) atoms. The van der Waals surface area contributed by atoms with E-state index in [4.69, 9.17) is 4.74 Å². The smallest absolute Gasteiger partial charge is 0.216 e. The molecular weight excluding hydrogens is 226 g/mol. The minimum Gasteiger partial charge on any atom is -0.481 e. The van der Waals surface area contributed by atoms with E-state index in [1.165, 1.54) is 0 Å². The molecule has 0 aromatic carbocycles. The average Bonchev–Trinajstić information content (AvgIpc) is 2.35. The molecule has 1 heterocycles. The predicted octanol–water partition coefficient (Wildman–Crippen LogP) is 2.44. The van der Waals surface area contributed by atoms with Crippen LogP contribution in [0.4, 0.5) is 0 Å². The second-order valence-corrected chi connectivity index (χ2v) is 5.04. The molecule has 0 fully saturated rings. The van der Waals surface area contributed by atoms with E-state index in [0.717, 1.165) is 31.5 Å². The summed E-state index contributed by atoms with van der Waals surface area (Å²) in [5.41, 5.74) is 1.04. The number of ether oxygens (including phenoxy) is 1. The summed E-state index contributed by atoms with van der Waals surface area (Å²) < 4.78 is 5.13. The van der Waals surface area contributed by atoms with Gasteiger partial charge in [-0.2, -0.15) is 0 Å². The summed E-state index contributed by atoms with van der Waals surface area (Å²) in [6, 6.07) is 2.39. The van der Waals surface area contributed by atoms with Gasteiger partial charge in [-0.15, -0.1) is 0 Å². The number of hydrogen-bond donors (Lipinski definition) is 1. The second kappa shape index (κ2) is 8.03. The standard InChI is InChI=1S/C14H25N3O/c1-5-6-15-12(7-11(2)3)8-13-9-14(18-4)17-10-16-13/h9-12,15H,5-8H2,1-4H3. The molecular formula is C14H25N3O. The summed E-state index contributed by atoms with van der Waals surface area (Å²) in [5.74, 6) is 1.32. The summed E-state index contributed by atoms with van der Waals surface area (Å²) in [7, 11) is 1.63. The van der Waals surface area contributed by atoms with E-state index < -0.39 is 0 Å². The van der Waals surface area contributed by atoms with Crippen molar-refractivity contribution in [3.8, 4) is 5.88 Å². The highest BCUT2D eigenvalue weighted by molar-refractivity contribution is 5.14. The molecule has 0 radical (unpaired) electrons. The van der Waals surface area contributed by atoms with Gasteiger partial charge in [0.15, 0.2) is 0 Å². The molecule has 4 heteroatoms. The number of hydrogen-bond acceptors (Lipinski definition) is 4. The van der Waals surface area contributed by atoms with Gasteiger partial charge >= 0.3 is 0 Å². The van der Waals surface area contributed by atoms with Crippen molar-refractivity contribution >= 4 is 0 Å². The lowest BCUT2D eigenvalue weighted by molar-refractivity contribution is 0.391. The molecule has 4 nitrogen and oxygen atoms in total. The van der Waals surface area contributed by atoms with E-state index in [1.54, 1.807) is 13.4 Å². The zero-order valence-corrected chi connectivity index (χ0v) is 11.9. The van der Waals surface area contributed by atoms with E-state index in [0.29, 0.717) is 17.8 Å². The minimum absolute atomic E-state index is 0.476. The van der Waals surface area contributed by atoms with Crippen LogP contribution in [0.3, 0.4) is 0 Å². The van der Waals surface area contributed by atoms with Crippen molar-refractivity contribution in [2.75, 3.05) is 13.7 Å². The Hall–Kier alpha value is -1.16. The molecule has 1 N–H and O–H groups in total. The second-order valence-electron chi connectivity index (χ2n) is 5.04. The fourth-order valence-electron chi connectivity index (χ4n) is 2.01. The third kappa shape index (κ3) is 5.45. The Morgan fingerprint density at radius 2 is 2.11 bits per heavy atom. The molecule has 1 rings (SSSR count).